The van der Waals surface area contributed by atoms with Crippen molar-refractivity contribution in [2.24, 2.45) is 0 Å². The molecular weight excluding hydrogens is 408 g/mol. The highest BCUT2D eigenvalue weighted by Gasteiger charge is 2.43. The third-order valence-corrected chi connectivity index (χ3v) is 5.83. The molecule has 0 fully saturated rings. The quantitative estimate of drug-likeness (QED) is 0.612. The SMILES string of the molecule is COC(=O)[C@H]1Cc2c([nH]c3ccccc23)[C@@H](c2ccc(OC(C)C)c(OC)c2)N1C(C)=O. The normalized spacial score (nSPS) is 17.9. The molecule has 3 aromatic rings. The molecule has 4 rings (SSSR count). The highest BCUT2D eigenvalue weighted by atomic mass is 16.5. The van der Waals surface area contributed by atoms with E-state index in [1.165, 1.54) is 14.0 Å². The number of esters is 1. The molecule has 1 amide bonds. The van der Waals surface area contributed by atoms with Crippen LogP contribution in [0.15, 0.2) is 42.5 Å². The van der Waals surface area contributed by atoms with E-state index in [9.17, 15) is 9.59 Å². The van der Waals surface area contributed by atoms with Gasteiger partial charge in [-0.3, -0.25) is 4.79 Å². The monoisotopic (exact) mass is 436 g/mol. The van der Waals surface area contributed by atoms with Crippen molar-refractivity contribution in [2.45, 2.75) is 45.4 Å². The van der Waals surface area contributed by atoms with E-state index in [2.05, 4.69) is 4.98 Å². The molecule has 1 N–H and O–H groups in total. The van der Waals surface area contributed by atoms with Gasteiger partial charge in [0.15, 0.2) is 11.5 Å². The van der Waals surface area contributed by atoms with Gasteiger partial charge in [0.05, 0.1) is 26.4 Å². The van der Waals surface area contributed by atoms with Crippen molar-refractivity contribution in [3.63, 3.8) is 0 Å². The highest BCUT2D eigenvalue weighted by molar-refractivity contribution is 5.90. The molecular formula is C25H28N2O5. The lowest BCUT2D eigenvalue weighted by Gasteiger charge is -2.40. The molecule has 7 heteroatoms. The van der Waals surface area contributed by atoms with Gasteiger partial charge in [-0.05, 0) is 43.2 Å². The minimum Gasteiger partial charge on any atom is -0.493 e. The molecule has 0 saturated heterocycles. The summed E-state index contributed by atoms with van der Waals surface area (Å²) in [6.45, 7) is 5.37. The average molecular weight is 437 g/mol. The van der Waals surface area contributed by atoms with Crippen LogP contribution in [0.1, 0.15) is 43.6 Å². The van der Waals surface area contributed by atoms with Gasteiger partial charge in [-0.25, -0.2) is 4.79 Å². The molecule has 0 bridgehead atoms. The van der Waals surface area contributed by atoms with Crippen LogP contribution in [0.25, 0.3) is 10.9 Å². The Balaban J connectivity index is 1.93. The van der Waals surface area contributed by atoms with Crippen LogP contribution in [0.3, 0.4) is 0 Å². The molecule has 0 saturated carbocycles. The molecule has 0 unspecified atom stereocenters. The Morgan fingerprint density at radius 1 is 1.09 bits per heavy atom. The zero-order valence-electron chi connectivity index (χ0n) is 19.0. The van der Waals surface area contributed by atoms with Gasteiger partial charge in [0, 0.05) is 29.9 Å². The van der Waals surface area contributed by atoms with Gasteiger partial charge < -0.3 is 24.1 Å². The minimum atomic E-state index is -0.730. The van der Waals surface area contributed by atoms with Crippen molar-refractivity contribution in [1.29, 1.82) is 0 Å². The van der Waals surface area contributed by atoms with Crippen LogP contribution in [0.5, 0.6) is 11.5 Å². The van der Waals surface area contributed by atoms with Crippen LogP contribution in [0.2, 0.25) is 0 Å². The molecule has 2 heterocycles. The number of para-hydroxylation sites is 1. The van der Waals surface area contributed by atoms with Crippen molar-refractivity contribution < 1.29 is 23.8 Å². The summed E-state index contributed by atoms with van der Waals surface area (Å²) in [5.74, 6) is 0.541. The molecule has 0 spiro atoms. The first-order valence-corrected chi connectivity index (χ1v) is 10.7. The molecule has 2 atom stereocenters. The number of methoxy groups -OCH3 is 2. The zero-order valence-corrected chi connectivity index (χ0v) is 19.0. The summed E-state index contributed by atoms with van der Waals surface area (Å²) in [5.41, 5.74) is 3.68. The predicted octanol–water partition coefficient (Wildman–Crippen LogP) is 4.00. The van der Waals surface area contributed by atoms with E-state index in [4.69, 9.17) is 14.2 Å². The Labute approximate surface area is 187 Å². The second-order valence-electron chi connectivity index (χ2n) is 8.21. The Morgan fingerprint density at radius 3 is 2.50 bits per heavy atom. The first-order valence-electron chi connectivity index (χ1n) is 10.7. The van der Waals surface area contributed by atoms with Gasteiger partial charge in [-0.2, -0.15) is 0 Å². The van der Waals surface area contributed by atoms with Crippen LogP contribution in [-0.2, 0) is 20.7 Å². The Bertz CT molecular complexity index is 1170. The van der Waals surface area contributed by atoms with Gasteiger partial charge in [-0.1, -0.05) is 24.3 Å². The van der Waals surface area contributed by atoms with Crippen molar-refractivity contribution in [3.05, 3.63) is 59.3 Å². The number of nitrogens with zero attached hydrogens (tertiary/aromatic N) is 1. The first-order chi connectivity index (χ1) is 15.3. The number of hydrogen-bond acceptors (Lipinski definition) is 5. The van der Waals surface area contributed by atoms with Crippen LogP contribution in [0.4, 0.5) is 0 Å². The van der Waals surface area contributed by atoms with Crippen molar-refractivity contribution >= 4 is 22.8 Å². The Morgan fingerprint density at radius 2 is 1.84 bits per heavy atom. The largest absolute Gasteiger partial charge is 0.493 e. The lowest BCUT2D eigenvalue weighted by molar-refractivity contribution is -0.154. The smallest absolute Gasteiger partial charge is 0.328 e. The number of aromatic amines is 1. The van der Waals surface area contributed by atoms with Gasteiger partial charge in [0.25, 0.3) is 0 Å². The summed E-state index contributed by atoms with van der Waals surface area (Å²) in [4.78, 5) is 30.7. The summed E-state index contributed by atoms with van der Waals surface area (Å²) >= 11 is 0. The number of benzene rings is 2. The highest BCUT2D eigenvalue weighted by Crippen LogP contribution is 2.43. The van der Waals surface area contributed by atoms with Crippen LogP contribution in [0, 0.1) is 0 Å². The number of ether oxygens (including phenoxy) is 3. The zero-order chi connectivity index (χ0) is 23.0. The summed E-state index contributed by atoms with van der Waals surface area (Å²) in [6.07, 6.45) is 0.371. The summed E-state index contributed by atoms with van der Waals surface area (Å²) in [6, 6.07) is 12.3. The lowest BCUT2D eigenvalue weighted by atomic mass is 9.87. The molecule has 1 aliphatic heterocycles. The average Bonchev–Trinajstić information content (AvgIpc) is 3.15. The molecule has 0 radical (unpaired) electrons. The number of rotatable bonds is 5. The van der Waals surface area contributed by atoms with Gasteiger partial charge in [0.2, 0.25) is 5.91 Å². The molecule has 32 heavy (non-hydrogen) atoms. The van der Waals surface area contributed by atoms with Crippen LogP contribution in [-0.4, -0.2) is 48.1 Å². The van der Waals surface area contributed by atoms with Crippen LogP contribution < -0.4 is 9.47 Å². The maximum absolute atomic E-state index is 12.9. The van der Waals surface area contributed by atoms with E-state index < -0.39 is 18.1 Å². The standard InChI is InChI=1S/C25H28N2O5/c1-14(2)32-21-11-10-16(12-22(21)30-4)24-23-18(17-8-6-7-9-19(17)26-23)13-20(25(29)31-5)27(24)15(3)28/h6-12,14,20,24,26H,13H2,1-5H3/t20-,24-/m1/s1. The number of fused-ring (bicyclic) bond motifs is 3. The first kappa shape index (κ1) is 21.7. The van der Waals surface area contributed by atoms with Crippen molar-refractivity contribution in [1.82, 2.24) is 9.88 Å². The van der Waals surface area contributed by atoms with Gasteiger partial charge >= 0.3 is 5.97 Å². The maximum Gasteiger partial charge on any atom is 0.328 e. The summed E-state index contributed by atoms with van der Waals surface area (Å²) < 4.78 is 16.5. The number of amides is 1. The topological polar surface area (TPSA) is 80.9 Å². The third kappa shape index (κ3) is 3.68. The van der Waals surface area contributed by atoms with Gasteiger partial charge in [-0.15, -0.1) is 0 Å². The third-order valence-electron chi connectivity index (χ3n) is 5.83. The molecule has 0 aliphatic carbocycles. The lowest BCUT2D eigenvalue weighted by Crippen LogP contribution is -2.51. The Kier molecular flexibility index (Phi) is 5.82. The summed E-state index contributed by atoms with van der Waals surface area (Å²) in [5, 5.41) is 1.04. The van der Waals surface area contributed by atoms with Crippen molar-refractivity contribution in [3.8, 4) is 11.5 Å². The van der Waals surface area contributed by atoms with E-state index in [1.54, 1.807) is 12.0 Å². The predicted molar refractivity (Wildman–Crippen MR) is 121 cm³/mol. The number of nitrogens with one attached hydrogen (secondary N) is 1. The molecule has 7 nitrogen and oxygen atoms in total. The van der Waals surface area contributed by atoms with Gasteiger partial charge in [0.1, 0.15) is 6.04 Å². The number of carbonyl (C=O) groups is 2. The molecule has 1 aliphatic rings. The fourth-order valence-corrected chi connectivity index (χ4v) is 4.55. The minimum absolute atomic E-state index is 0.0119. The summed E-state index contributed by atoms with van der Waals surface area (Å²) in [7, 11) is 2.93. The van der Waals surface area contributed by atoms with E-state index in [0.717, 1.165) is 27.7 Å². The van der Waals surface area contributed by atoms with E-state index in [1.807, 2.05) is 56.3 Å². The van der Waals surface area contributed by atoms with Crippen molar-refractivity contribution in [2.75, 3.05) is 14.2 Å². The fraction of sp³-hybridized carbons (Fsp3) is 0.360. The molecule has 2 aromatic carbocycles. The number of hydrogen-bond donors (Lipinski definition) is 1. The fourth-order valence-electron chi connectivity index (χ4n) is 4.55. The molecule has 168 valence electrons. The Hall–Kier alpha value is -3.48. The molecule has 1 aromatic heterocycles. The number of carbonyl (C=O) groups excluding carboxylic acids is 2. The second kappa shape index (κ2) is 8.57. The second-order valence-corrected chi connectivity index (χ2v) is 8.21. The van der Waals surface area contributed by atoms with E-state index in [0.29, 0.717) is 17.9 Å². The number of H-pyrrole nitrogens is 1. The number of aromatic nitrogens is 1. The van der Waals surface area contributed by atoms with E-state index >= 15 is 0 Å². The van der Waals surface area contributed by atoms with E-state index in [-0.39, 0.29) is 12.0 Å². The van der Waals surface area contributed by atoms with Crippen LogP contribution >= 0.6 is 0 Å². The maximum atomic E-state index is 12.9.